The van der Waals surface area contributed by atoms with E-state index in [1.165, 1.54) is 12.1 Å². The van der Waals surface area contributed by atoms with Crippen molar-refractivity contribution < 1.29 is 13.9 Å². The zero-order valence-electron chi connectivity index (χ0n) is 17.4. The lowest BCUT2D eigenvalue weighted by molar-refractivity contribution is -0.116. The Morgan fingerprint density at radius 1 is 1.13 bits per heavy atom. The SMILES string of the molecule is COc1ccc(Cl)cc1NC(=O)CCN(CCc1ccccn1)Cc1ccc(F)cc1. The van der Waals surface area contributed by atoms with Crippen LogP contribution < -0.4 is 10.1 Å². The van der Waals surface area contributed by atoms with Crippen LogP contribution in [0.4, 0.5) is 10.1 Å². The number of halogens is 2. The predicted molar refractivity (Wildman–Crippen MR) is 121 cm³/mol. The molecule has 1 heterocycles. The van der Waals surface area contributed by atoms with Crippen LogP contribution in [-0.4, -0.2) is 36.0 Å². The molecule has 1 amide bonds. The monoisotopic (exact) mass is 441 g/mol. The number of carbonyl (C=O) groups is 1. The van der Waals surface area contributed by atoms with Crippen LogP contribution in [0, 0.1) is 5.82 Å². The molecule has 3 aromatic rings. The van der Waals surface area contributed by atoms with E-state index in [9.17, 15) is 9.18 Å². The molecule has 1 N–H and O–H groups in total. The van der Waals surface area contributed by atoms with Crippen molar-refractivity contribution in [2.75, 3.05) is 25.5 Å². The number of methoxy groups -OCH3 is 1. The normalized spacial score (nSPS) is 10.8. The Kier molecular flexibility index (Phi) is 8.38. The molecule has 0 spiro atoms. The molecule has 0 saturated heterocycles. The number of nitrogens with zero attached hydrogens (tertiary/aromatic N) is 2. The Labute approximate surface area is 186 Å². The predicted octanol–water partition coefficient (Wildman–Crippen LogP) is 4.96. The Morgan fingerprint density at radius 2 is 1.94 bits per heavy atom. The fourth-order valence-corrected chi connectivity index (χ4v) is 3.36. The maximum atomic E-state index is 13.3. The van der Waals surface area contributed by atoms with Gasteiger partial charge in [-0.3, -0.25) is 14.7 Å². The molecule has 0 saturated carbocycles. The zero-order valence-corrected chi connectivity index (χ0v) is 18.1. The second kappa shape index (κ2) is 11.4. The molecular weight excluding hydrogens is 417 g/mol. The lowest BCUT2D eigenvalue weighted by Gasteiger charge is -2.22. The molecule has 0 unspecified atom stereocenters. The molecule has 162 valence electrons. The highest BCUT2D eigenvalue weighted by atomic mass is 35.5. The maximum absolute atomic E-state index is 13.3. The number of ether oxygens (including phenoxy) is 1. The lowest BCUT2D eigenvalue weighted by Crippen LogP contribution is -2.29. The van der Waals surface area contributed by atoms with Gasteiger partial charge >= 0.3 is 0 Å². The summed E-state index contributed by atoms with van der Waals surface area (Å²) < 4.78 is 18.5. The third-order valence-electron chi connectivity index (χ3n) is 4.82. The molecule has 0 radical (unpaired) electrons. The number of pyridine rings is 1. The van der Waals surface area contributed by atoms with Gasteiger partial charge in [-0.2, -0.15) is 0 Å². The van der Waals surface area contributed by atoms with Crippen molar-refractivity contribution in [3.63, 3.8) is 0 Å². The smallest absolute Gasteiger partial charge is 0.225 e. The molecule has 1 aromatic heterocycles. The number of carbonyl (C=O) groups excluding carboxylic acids is 1. The zero-order chi connectivity index (χ0) is 22.1. The first-order valence-electron chi connectivity index (χ1n) is 10.0. The van der Waals surface area contributed by atoms with E-state index in [0.29, 0.717) is 36.0 Å². The summed E-state index contributed by atoms with van der Waals surface area (Å²) in [4.78, 5) is 19.1. The number of anilines is 1. The van der Waals surface area contributed by atoms with Gasteiger partial charge < -0.3 is 10.1 Å². The average molecular weight is 442 g/mol. The summed E-state index contributed by atoms with van der Waals surface area (Å²) >= 11 is 6.04. The second-order valence-electron chi connectivity index (χ2n) is 7.12. The number of hydrogen-bond donors (Lipinski definition) is 1. The number of aromatic nitrogens is 1. The minimum Gasteiger partial charge on any atom is -0.495 e. The maximum Gasteiger partial charge on any atom is 0.225 e. The summed E-state index contributed by atoms with van der Waals surface area (Å²) in [6, 6.07) is 17.3. The second-order valence-corrected chi connectivity index (χ2v) is 7.55. The van der Waals surface area contributed by atoms with Crippen molar-refractivity contribution in [1.82, 2.24) is 9.88 Å². The van der Waals surface area contributed by atoms with Crippen molar-refractivity contribution in [3.8, 4) is 5.75 Å². The van der Waals surface area contributed by atoms with Crippen LogP contribution >= 0.6 is 11.6 Å². The van der Waals surface area contributed by atoms with E-state index in [2.05, 4.69) is 15.2 Å². The first-order chi connectivity index (χ1) is 15.0. The Morgan fingerprint density at radius 3 is 2.65 bits per heavy atom. The third kappa shape index (κ3) is 7.35. The van der Waals surface area contributed by atoms with Crippen LogP contribution in [0.5, 0.6) is 5.75 Å². The summed E-state index contributed by atoms with van der Waals surface area (Å²) in [5.74, 6) is 0.150. The van der Waals surface area contributed by atoms with Crippen molar-refractivity contribution in [2.24, 2.45) is 0 Å². The first-order valence-corrected chi connectivity index (χ1v) is 10.4. The van der Waals surface area contributed by atoms with Crippen LogP contribution in [0.3, 0.4) is 0 Å². The van der Waals surface area contributed by atoms with Gasteiger partial charge in [0.05, 0.1) is 12.8 Å². The third-order valence-corrected chi connectivity index (χ3v) is 5.06. The number of amides is 1. The average Bonchev–Trinajstić information content (AvgIpc) is 2.78. The number of benzene rings is 2. The molecule has 3 rings (SSSR count). The van der Waals surface area contributed by atoms with Gasteiger partial charge in [0.25, 0.3) is 0 Å². The summed E-state index contributed by atoms with van der Waals surface area (Å²) in [6.45, 7) is 1.88. The van der Waals surface area contributed by atoms with Gasteiger partial charge in [-0.1, -0.05) is 29.8 Å². The molecule has 7 heteroatoms. The molecule has 5 nitrogen and oxygen atoms in total. The van der Waals surface area contributed by atoms with Crippen molar-refractivity contribution in [3.05, 3.63) is 89.0 Å². The summed E-state index contributed by atoms with van der Waals surface area (Å²) in [5.41, 5.74) is 2.51. The van der Waals surface area contributed by atoms with Crippen LogP contribution in [0.25, 0.3) is 0 Å². The van der Waals surface area contributed by atoms with Gasteiger partial charge in [-0.25, -0.2) is 4.39 Å². The van der Waals surface area contributed by atoms with E-state index in [1.807, 2.05) is 18.2 Å². The van der Waals surface area contributed by atoms with E-state index in [-0.39, 0.29) is 11.7 Å². The van der Waals surface area contributed by atoms with E-state index in [0.717, 1.165) is 24.2 Å². The molecular formula is C24H25ClFN3O2. The number of hydrogen-bond acceptors (Lipinski definition) is 4. The standard InChI is InChI=1S/C24H25ClFN3O2/c1-31-23-10-7-19(25)16-22(23)28-24(30)12-15-29(14-11-21-4-2-3-13-27-21)17-18-5-8-20(26)9-6-18/h2-10,13,16H,11-12,14-15,17H2,1H3,(H,28,30). The van der Waals surface area contributed by atoms with Gasteiger partial charge in [0.2, 0.25) is 5.91 Å². The molecule has 0 atom stereocenters. The van der Waals surface area contributed by atoms with Gasteiger partial charge in [0, 0.05) is 49.4 Å². The highest BCUT2D eigenvalue weighted by molar-refractivity contribution is 6.31. The first kappa shape index (κ1) is 22.7. The van der Waals surface area contributed by atoms with Crippen molar-refractivity contribution in [2.45, 2.75) is 19.4 Å². The molecule has 0 bridgehead atoms. The van der Waals surface area contributed by atoms with E-state index in [1.54, 1.807) is 43.6 Å². The highest BCUT2D eigenvalue weighted by Crippen LogP contribution is 2.27. The Bertz CT molecular complexity index is 984. The summed E-state index contributed by atoms with van der Waals surface area (Å²) in [6.07, 6.45) is 2.82. The highest BCUT2D eigenvalue weighted by Gasteiger charge is 2.12. The fourth-order valence-electron chi connectivity index (χ4n) is 3.19. The van der Waals surface area contributed by atoms with E-state index in [4.69, 9.17) is 16.3 Å². The van der Waals surface area contributed by atoms with Crippen LogP contribution in [-0.2, 0) is 17.8 Å². The van der Waals surface area contributed by atoms with Crippen LogP contribution in [0.2, 0.25) is 5.02 Å². The molecule has 0 aliphatic heterocycles. The minimum atomic E-state index is -0.265. The van der Waals surface area contributed by atoms with Gasteiger partial charge in [-0.15, -0.1) is 0 Å². The molecule has 0 aliphatic carbocycles. The lowest BCUT2D eigenvalue weighted by atomic mass is 10.2. The van der Waals surface area contributed by atoms with Crippen LogP contribution in [0.15, 0.2) is 66.9 Å². The van der Waals surface area contributed by atoms with E-state index >= 15 is 0 Å². The quantitative estimate of drug-likeness (QED) is 0.483. The summed E-state index contributed by atoms with van der Waals surface area (Å²) in [5, 5.41) is 3.38. The van der Waals surface area contributed by atoms with E-state index < -0.39 is 0 Å². The summed E-state index contributed by atoms with van der Waals surface area (Å²) in [7, 11) is 1.54. The molecule has 0 aliphatic rings. The van der Waals surface area contributed by atoms with Gasteiger partial charge in [0.1, 0.15) is 11.6 Å². The number of nitrogens with one attached hydrogen (secondary N) is 1. The minimum absolute atomic E-state index is 0.137. The molecule has 2 aromatic carbocycles. The van der Waals surface area contributed by atoms with Gasteiger partial charge in [-0.05, 0) is 48.0 Å². The molecule has 0 fully saturated rings. The largest absolute Gasteiger partial charge is 0.495 e. The molecule has 31 heavy (non-hydrogen) atoms. The van der Waals surface area contributed by atoms with Crippen molar-refractivity contribution in [1.29, 1.82) is 0 Å². The topological polar surface area (TPSA) is 54.5 Å². The Balaban J connectivity index is 1.62. The van der Waals surface area contributed by atoms with Crippen LogP contribution in [0.1, 0.15) is 17.7 Å². The number of rotatable bonds is 10. The van der Waals surface area contributed by atoms with Gasteiger partial charge in [0.15, 0.2) is 0 Å². The Hall–Kier alpha value is -2.96. The fraction of sp³-hybridized carbons (Fsp3) is 0.250. The van der Waals surface area contributed by atoms with Crippen molar-refractivity contribution >= 4 is 23.2 Å².